The summed E-state index contributed by atoms with van der Waals surface area (Å²) in [5.74, 6) is -0.937. The van der Waals surface area contributed by atoms with E-state index in [9.17, 15) is 14.7 Å². The Labute approximate surface area is 125 Å². The lowest BCUT2D eigenvalue weighted by molar-refractivity contribution is 0.0698. The van der Waals surface area contributed by atoms with Crippen LogP contribution in [0.3, 0.4) is 0 Å². The summed E-state index contributed by atoms with van der Waals surface area (Å²) < 4.78 is 0. The van der Waals surface area contributed by atoms with Crippen LogP contribution in [0.2, 0.25) is 0 Å². The molecule has 2 rings (SSSR count). The molecule has 0 saturated heterocycles. The minimum absolute atomic E-state index is 0.0498. The number of hydrogen-bond donors (Lipinski definition) is 4. The van der Waals surface area contributed by atoms with Gasteiger partial charge in [-0.25, -0.2) is 9.59 Å². The molecule has 0 aliphatic heterocycles. The number of benzene rings is 1. The van der Waals surface area contributed by atoms with Gasteiger partial charge in [-0.1, -0.05) is 0 Å². The monoisotopic (exact) mass is 306 g/mol. The first kappa shape index (κ1) is 14.9. The van der Waals surface area contributed by atoms with Crippen LogP contribution in [0.25, 0.3) is 0 Å². The third-order valence-electron chi connectivity index (χ3n) is 2.91. The third kappa shape index (κ3) is 3.32. The number of carbonyl (C=O) groups is 2. The number of phenols is 1. The number of rotatable bonds is 3. The second-order valence-corrected chi connectivity index (χ2v) is 5.42. The van der Waals surface area contributed by atoms with Crippen LogP contribution in [-0.2, 0) is 0 Å². The van der Waals surface area contributed by atoms with Gasteiger partial charge in [0.05, 0.1) is 5.56 Å². The smallest absolute Gasteiger partial charge is 0.338 e. The van der Waals surface area contributed by atoms with E-state index >= 15 is 0 Å². The Hall–Kier alpha value is -2.54. The topological polar surface area (TPSA) is 98.7 Å². The van der Waals surface area contributed by atoms with Crippen LogP contribution in [0.15, 0.2) is 23.6 Å². The van der Waals surface area contributed by atoms with Crippen LogP contribution in [0.4, 0.5) is 15.5 Å². The molecule has 0 radical (unpaired) electrons. The number of carboxylic acid groups (broad SMARTS) is 1. The Kier molecular flexibility index (Phi) is 4.13. The highest BCUT2D eigenvalue weighted by atomic mass is 32.1. The van der Waals surface area contributed by atoms with E-state index in [1.807, 2.05) is 0 Å². The van der Waals surface area contributed by atoms with Gasteiger partial charge < -0.3 is 15.5 Å². The first-order valence-corrected chi connectivity index (χ1v) is 6.95. The van der Waals surface area contributed by atoms with E-state index in [0.29, 0.717) is 16.8 Å². The fraction of sp³-hybridized carbons (Fsp3) is 0.143. The minimum Gasteiger partial charge on any atom is -0.508 e. The number of hydrogen-bond acceptors (Lipinski definition) is 4. The lowest BCUT2D eigenvalue weighted by atomic mass is 10.1. The van der Waals surface area contributed by atoms with E-state index in [2.05, 4.69) is 10.6 Å². The Morgan fingerprint density at radius 3 is 2.52 bits per heavy atom. The van der Waals surface area contributed by atoms with Gasteiger partial charge in [-0.05, 0) is 48.6 Å². The van der Waals surface area contributed by atoms with Crippen molar-refractivity contribution in [2.24, 2.45) is 0 Å². The molecule has 4 N–H and O–H groups in total. The van der Waals surface area contributed by atoms with Crippen LogP contribution in [0, 0.1) is 13.8 Å². The van der Waals surface area contributed by atoms with Gasteiger partial charge in [0.2, 0.25) is 0 Å². The number of amides is 2. The molecule has 0 aliphatic carbocycles. The van der Waals surface area contributed by atoms with Gasteiger partial charge in [0, 0.05) is 5.69 Å². The summed E-state index contributed by atoms with van der Waals surface area (Å²) in [6.45, 7) is 3.47. The fourth-order valence-electron chi connectivity index (χ4n) is 1.77. The van der Waals surface area contributed by atoms with Crippen molar-refractivity contribution in [3.8, 4) is 5.75 Å². The molecular weight excluding hydrogens is 292 g/mol. The van der Waals surface area contributed by atoms with Gasteiger partial charge in [-0.15, -0.1) is 11.3 Å². The predicted molar refractivity (Wildman–Crippen MR) is 81.5 cm³/mol. The van der Waals surface area contributed by atoms with Crippen molar-refractivity contribution in [2.75, 3.05) is 10.6 Å². The van der Waals surface area contributed by atoms with E-state index in [1.54, 1.807) is 31.4 Å². The molecule has 0 saturated carbocycles. The average molecular weight is 306 g/mol. The average Bonchev–Trinajstić information content (AvgIpc) is 2.84. The van der Waals surface area contributed by atoms with E-state index in [0.717, 1.165) is 11.3 Å². The lowest BCUT2D eigenvalue weighted by Gasteiger charge is -2.11. The number of aromatic carboxylic acids is 1. The highest BCUT2D eigenvalue weighted by Gasteiger charge is 2.14. The number of carboxylic acids is 1. The van der Waals surface area contributed by atoms with Crippen LogP contribution < -0.4 is 10.6 Å². The lowest BCUT2D eigenvalue weighted by Crippen LogP contribution is -2.20. The number of aryl methyl sites for hydroxylation is 2. The standard InChI is InChI=1S/C14H14N2O4S/c1-7-6-11(17)8(2)5-10(7)15-14(20)16-12-9(13(18)19)3-4-21-12/h3-6,17H,1-2H3,(H,18,19)(H2,15,16,20). The van der Waals surface area contributed by atoms with Crippen molar-refractivity contribution < 1.29 is 19.8 Å². The maximum absolute atomic E-state index is 11.9. The van der Waals surface area contributed by atoms with Gasteiger partial charge in [0.25, 0.3) is 0 Å². The molecule has 0 unspecified atom stereocenters. The molecule has 0 spiro atoms. The van der Waals surface area contributed by atoms with E-state index in [1.165, 1.54) is 6.07 Å². The molecule has 2 amide bonds. The molecule has 0 atom stereocenters. The summed E-state index contributed by atoms with van der Waals surface area (Å²) in [6.07, 6.45) is 0. The van der Waals surface area contributed by atoms with Gasteiger partial charge >= 0.3 is 12.0 Å². The summed E-state index contributed by atoms with van der Waals surface area (Å²) in [6, 6.07) is 4.10. The van der Waals surface area contributed by atoms with Gasteiger partial charge in [0.15, 0.2) is 0 Å². The number of aromatic hydroxyl groups is 1. The number of thiophene rings is 1. The Bertz CT molecular complexity index is 709. The molecule has 0 fully saturated rings. The van der Waals surface area contributed by atoms with E-state index in [4.69, 9.17) is 5.11 Å². The second-order valence-electron chi connectivity index (χ2n) is 4.50. The van der Waals surface area contributed by atoms with Crippen molar-refractivity contribution >= 4 is 34.0 Å². The summed E-state index contributed by atoms with van der Waals surface area (Å²) in [7, 11) is 0. The largest absolute Gasteiger partial charge is 0.508 e. The molecule has 0 bridgehead atoms. The highest BCUT2D eigenvalue weighted by Crippen LogP contribution is 2.26. The zero-order chi connectivity index (χ0) is 15.6. The highest BCUT2D eigenvalue weighted by molar-refractivity contribution is 7.14. The Morgan fingerprint density at radius 1 is 1.14 bits per heavy atom. The second kappa shape index (κ2) is 5.84. The molecule has 1 heterocycles. The quantitative estimate of drug-likeness (QED) is 0.653. The van der Waals surface area contributed by atoms with Gasteiger partial charge in [-0.3, -0.25) is 5.32 Å². The summed E-state index contributed by atoms with van der Waals surface area (Å²) in [4.78, 5) is 22.9. The Balaban J connectivity index is 2.14. The summed E-state index contributed by atoms with van der Waals surface area (Å²) in [5.41, 5.74) is 1.95. The number of carbonyl (C=O) groups excluding carboxylic acids is 1. The molecular formula is C14H14N2O4S. The zero-order valence-corrected chi connectivity index (χ0v) is 12.2. The van der Waals surface area contributed by atoms with E-state index in [-0.39, 0.29) is 16.3 Å². The molecule has 21 heavy (non-hydrogen) atoms. The fourth-order valence-corrected chi connectivity index (χ4v) is 2.54. The normalized spacial score (nSPS) is 10.2. The maximum atomic E-state index is 11.9. The summed E-state index contributed by atoms with van der Waals surface area (Å²) >= 11 is 1.13. The minimum atomic E-state index is -1.09. The number of anilines is 2. The number of phenolic OH excluding ortho intramolecular Hbond substituents is 1. The SMILES string of the molecule is Cc1cc(NC(=O)Nc2sccc2C(=O)O)c(C)cc1O. The van der Waals surface area contributed by atoms with Crippen LogP contribution in [-0.4, -0.2) is 22.2 Å². The third-order valence-corrected chi connectivity index (χ3v) is 3.74. The Morgan fingerprint density at radius 2 is 1.86 bits per heavy atom. The van der Waals surface area contributed by atoms with Crippen LogP contribution >= 0.6 is 11.3 Å². The molecule has 2 aromatic rings. The van der Waals surface area contributed by atoms with Crippen molar-refractivity contribution in [3.05, 3.63) is 40.3 Å². The molecule has 0 aliphatic rings. The van der Waals surface area contributed by atoms with Crippen molar-refractivity contribution in [3.63, 3.8) is 0 Å². The number of nitrogens with one attached hydrogen (secondary N) is 2. The van der Waals surface area contributed by atoms with Crippen LogP contribution in [0.1, 0.15) is 21.5 Å². The number of urea groups is 1. The van der Waals surface area contributed by atoms with Gasteiger partial charge in [-0.2, -0.15) is 0 Å². The van der Waals surface area contributed by atoms with Crippen molar-refractivity contribution in [2.45, 2.75) is 13.8 Å². The van der Waals surface area contributed by atoms with E-state index < -0.39 is 12.0 Å². The van der Waals surface area contributed by atoms with Crippen LogP contribution in [0.5, 0.6) is 5.75 Å². The molecule has 7 heteroatoms. The first-order chi connectivity index (χ1) is 9.88. The molecule has 6 nitrogen and oxygen atoms in total. The van der Waals surface area contributed by atoms with Gasteiger partial charge in [0.1, 0.15) is 10.8 Å². The molecule has 110 valence electrons. The first-order valence-electron chi connectivity index (χ1n) is 6.07. The maximum Gasteiger partial charge on any atom is 0.338 e. The molecule has 1 aromatic heterocycles. The predicted octanol–water partition coefficient (Wildman–Crippen LogP) is 3.41. The molecule has 1 aromatic carbocycles. The van der Waals surface area contributed by atoms with Crippen molar-refractivity contribution in [1.82, 2.24) is 0 Å². The summed E-state index contributed by atoms with van der Waals surface area (Å²) in [5, 5.41) is 25.6. The van der Waals surface area contributed by atoms with Crippen molar-refractivity contribution in [1.29, 1.82) is 0 Å². The zero-order valence-electron chi connectivity index (χ0n) is 11.4.